The van der Waals surface area contributed by atoms with Crippen molar-refractivity contribution in [1.29, 1.82) is 0 Å². The molecule has 76 valence electrons. The first kappa shape index (κ1) is 12.1. The average Bonchev–Trinajstić information content (AvgIpc) is 1.99. The standard InChI is InChI=1S/C9H14F2O2/c1-4-13-8(12)6-5-7(10)9(2,3)11/h5-7H,4H2,1-3H3/b6-5+. The highest BCUT2D eigenvalue weighted by Gasteiger charge is 2.26. The third-order valence-electron chi connectivity index (χ3n) is 1.34. The summed E-state index contributed by atoms with van der Waals surface area (Å²) in [5, 5.41) is 0. The fourth-order valence-corrected chi connectivity index (χ4v) is 0.582. The normalized spacial score (nSPS) is 14.5. The quantitative estimate of drug-likeness (QED) is 0.504. The Balaban J connectivity index is 4.05. The van der Waals surface area contributed by atoms with E-state index >= 15 is 0 Å². The first-order valence-corrected chi connectivity index (χ1v) is 4.06. The van der Waals surface area contributed by atoms with Crippen molar-refractivity contribution in [1.82, 2.24) is 0 Å². The predicted octanol–water partition coefficient (Wildman–Crippen LogP) is 2.19. The van der Waals surface area contributed by atoms with E-state index in [4.69, 9.17) is 0 Å². The van der Waals surface area contributed by atoms with Crippen LogP contribution in [0.2, 0.25) is 0 Å². The van der Waals surface area contributed by atoms with Gasteiger partial charge in [0.2, 0.25) is 0 Å². The Bertz CT molecular complexity index is 194. The first-order chi connectivity index (χ1) is 5.88. The van der Waals surface area contributed by atoms with Gasteiger partial charge in [-0.1, -0.05) is 0 Å². The van der Waals surface area contributed by atoms with Gasteiger partial charge in [0.15, 0.2) is 6.17 Å². The Kier molecular flexibility index (Phi) is 4.59. The van der Waals surface area contributed by atoms with Crippen LogP contribution in [-0.2, 0) is 9.53 Å². The summed E-state index contributed by atoms with van der Waals surface area (Å²) < 4.78 is 30.2. The number of carbonyl (C=O) groups excluding carboxylic acids is 1. The fraction of sp³-hybridized carbons (Fsp3) is 0.667. The van der Waals surface area contributed by atoms with Gasteiger partial charge in [-0.05, 0) is 26.8 Å². The molecule has 0 aliphatic heterocycles. The molecule has 1 atom stereocenters. The van der Waals surface area contributed by atoms with Crippen LogP contribution in [0.15, 0.2) is 12.2 Å². The van der Waals surface area contributed by atoms with E-state index in [0.717, 1.165) is 26.0 Å². The maximum atomic E-state index is 12.8. The number of ether oxygens (including phenoxy) is 1. The molecule has 0 aromatic rings. The lowest BCUT2D eigenvalue weighted by atomic mass is 10.1. The van der Waals surface area contributed by atoms with Gasteiger partial charge in [0.1, 0.15) is 5.67 Å². The molecule has 0 bridgehead atoms. The van der Waals surface area contributed by atoms with Crippen molar-refractivity contribution in [2.45, 2.75) is 32.6 Å². The number of esters is 1. The maximum Gasteiger partial charge on any atom is 0.330 e. The van der Waals surface area contributed by atoms with Crippen LogP contribution in [0.3, 0.4) is 0 Å². The topological polar surface area (TPSA) is 26.3 Å². The molecule has 0 aliphatic rings. The van der Waals surface area contributed by atoms with E-state index in [-0.39, 0.29) is 6.61 Å². The van der Waals surface area contributed by atoms with Crippen molar-refractivity contribution in [3.63, 3.8) is 0 Å². The highest BCUT2D eigenvalue weighted by Crippen LogP contribution is 2.18. The molecule has 0 aliphatic carbocycles. The van der Waals surface area contributed by atoms with Gasteiger partial charge in [0.05, 0.1) is 6.61 Å². The summed E-state index contributed by atoms with van der Waals surface area (Å²) in [6.45, 7) is 4.07. The molecule has 0 spiro atoms. The zero-order chi connectivity index (χ0) is 10.5. The summed E-state index contributed by atoms with van der Waals surface area (Å²) in [4.78, 5) is 10.7. The van der Waals surface area contributed by atoms with E-state index in [9.17, 15) is 13.6 Å². The van der Waals surface area contributed by atoms with Crippen molar-refractivity contribution in [2.75, 3.05) is 6.61 Å². The second-order valence-corrected chi connectivity index (χ2v) is 3.08. The molecule has 0 N–H and O–H groups in total. The highest BCUT2D eigenvalue weighted by molar-refractivity contribution is 5.81. The first-order valence-electron chi connectivity index (χ1n) is 4.06. The third-order valence-corrected chi connectivity index (χ3v) is 1.34. The summed E-state index contributed by atoms with van der Waals surface area (Å²) in [5.74, 6) is -0.658. The van der Waals surface area contributed by atoms with Crippen molar-refractivity contribution in [3.8, 4) is 0 Å². The predicted molar refractivity (Wildman–Crippen MR) is 45.9 cm³/mol. The van der Waals surface area contributed by atoms with Gasteiger partial charge in [0, 0.05) is 6.08 Å². The van der Waals surface area contributed by atoms with E-state index in [2.05, 4.69) is 4.74 Å². The molecule has 0 rings (SSSR count). The van der Waals surface area contributed by atoms with Crippen LogP contribution in [-0.4, -0.2) is 24.4 Å². The Morgan fingerprint density at radius 3 is 2.54 bits per heavy atom. The number of allylic oxidation sites excluding steroid dienone is 1. The summed E-state index contributed by atoms with van der Waals surface area (Å²) >= 11 is 0. The van der Waals surface area contributed by atoms with Crippen LogP contribution in [0.5, 0.6) is 0 Å². The lowest BCUT2D eigenvalue weighted by Crippen LogP contribution is -2.25. The molecule has 0 amide bonds. The van der Waals surface area contributed by atoms with Crippen molar-refractivity contribution in [2.24, 2.45) is 0 Å². The lowest BCUT2D eigenvalue weighted by Gasteiger charge is -2.15. The van der Waals surface area contributed by atoms with Gasteiger partial charge in [-0.25, -0.2) is 13.6 Å². The molecule has 0 saturated carbocycles. The molecule has 1 unspecified atom stereocenters. The van der Waals surface area contributed by atoms with Gasteiger partial charge in [-0.2, -0.15) is 0 Å². The number of hydrogen-bond donors (Lipinski definition) is 0. The van der Waals surface area contributed by atoms with Gasteiger partial charge in [0.25, 0.3) is 0 Å². The molecular weight excluding hydrogens is 178 g/mol. The van der Waals surface area contributed by atoms with Crippen LogP contribution in [0, 0.1) is 0 Å². The fourth-order valence-electron chi connectivity index (χ4n) is 0.582. The maximum absolute atomic E-state index is 12.8. The Morgan fingerprint density at radius 1 is 1.62 bits per heavy atom. The van der Waals surface area contributed by atoms with Crippen LogP contribution in [0.4, 0.5) is 8.78 Å². The highest BCUT2D eigenvalue weighted by atomic mass is 19.2. The SMILES string of the molecule is CCOC(=O)/C=C/C(F)C(C)(C)F. The van der Waals surface area contributed by atoms with Gasteiger partial charge < -0.3 is 4.74 Å². The second-order valence-electron chi connectivity index (χ2n) is 3.08. The Labute approximate surface area is 76.6 Å². The van der Waals surface area contributed by atoms with Crippen molar-refractivity contribution >= 4 is 5.97 Å². The minimum Gasteiger partial charge on any atom is -0.463 e. The smallest absolute Gasteiger partial charge is 0.330 e. The number of hydrogen-bond acceptors (Lipinski definition) is 2. The monoisotopic (exact) mass is 192 g/mol. The number of rotatable bonds is 4. The van der Waals surface area contributed by atoms with E-state index < -0.39 is 17.8 Å². The van der Waals surface area contributed by atoms with E-state index in [1.165, 1.54) is 0 Å². The lowest BCUT2D eigenvalue weighted by molar-refractivity contribution is -0.137. The number of halogens is 2. The molecule has 0 aromatic carbocycles. The Morgan fingerprint density at radius 2 is 2.15 bits per heavy atom. The summed E-state index contributed by atoms with van der Waals surface area (Å²) in [6, 6.07) is 0. The average molecular weight is 192 g/mol. The summed E-state index contributed by atoms with van der Waals surface area (Å²) in [5.41, 5.74) is -1.97. The molecule has 13 heavy (non-hydrogen) atoms. The van der Waals surface area contributed by atoms with Crippen molar-refractivity contribution < 1.29 is 18.3 Å². The molecule has 0 fully saturated rings. The van der Waals surface area contributed by atoms with Crippen LogP contribution in [0.25, 0.3) is 0 Å². The van der Waals surface area contributed by atoms with Crippen molar-refractivity contribution in [3.05, 3.63) is 12.2 Å². The molecular formula is C9H14F2O2. The molecule has 0 aromatic heterocycles. The summed E-state index contributed by atoms with van der Waals surface area (Å²) in [6.07, 6.45) is -0.0371. The molecule has 0 heterocycles. The van der Waals surface area contributed by atoms with E-state index in [1.807, 2.05) is 0 Å². The summed E-state index contributed by atoms with van der Waals surface area (Å²) in [7, 11) is 0. The largest absolute Gasteiger partial charge is 0.463 e. The molecule has 2 nitrogen and oxygen atoms in total. The zero-order valence-electron chi connectivity index (χ0n) is 8.01. The minimum atomic E-state index is -1.97. The third kappa shape index (κ3) is 5.33. The molecule has 0 radical (unpaired) electrons. The molecule has 0 saturated heterocycles. The number of alkyl halides is 2. The minimum absolute atomic E-state index is 0.221. The van der Waals surface area contributed by atoms with E-state index in [0.29, 0.717) is 0 Å². The van der Waals surface area contributed by atoms with Gasteiger partial charge in [-0.3, -0.25) is 0 Å². The van der Waals surface area contributed by atoms with Crippen LogP contribution in [0.1, 0.15) is 20.8 Å². The van der Waals surface area contributed by atoms with Gasteiger partial charge in [-0.15, -0.1) is 0 Å². The zero-order valence-corrected chi connectivity index (χ0v) is 8.01. The molecule has 4 heteroatoms. The van der Waals surface area contributed by atoms with Crippen LogP contribution >= 0.6 is 0 Å². The van der Waals surface area contributed by atoms with E-state index in [1.54, 1.807) is 6.92 Å². The Hall–Kier alpha value is -0.930. The second kappa shape index (κ2) is 4.94. The van der Waals surface area contributed by atoms with Crippen LogP contribution < -0.4 is 0 Å². The number of carbonyl (C=O) groups is 1. The van der Waals surface area contributed by atoms with Gasteiger partial charge >= 0.3 is 5.97 Å².